The van der Waals surface area contributed by atoms with Crippen LogP contribution in [0.3, 0.4) is 0 Å². The molecule has 12 heteroatoms. The highest BCUT2D eigenvalue weighted by molar-refractivity contribution is 9.09. The summed E-state index contributed by atoms with van der Waals surface area (Å²) in [6.07, 6.45) is 2.64. The van der Waals surface area contributed by atoms with Crippen molar-refractivity contribution in [3.8, 4) is 0 Å². The lowest BCUT2D eigenvalue weighted by Gasteiger charge is -2.39. The summed E-state index contributed by atoms with van der Waals surface area (Å²) >= 11 is 10.3. The molecule has 2 N–H and O–H groups in total. The number of aryl methyl sites for hydroxylation is 1. The highest BCUT2D eigenvalue weighted by Gasteiger charge is 2.77. The van der Waals surface area contributed by atoms with Crippen molar-refractivity contribution in [1.82, 2.24) is 10.2 Å². The third kappa shape index (κ3) is 6.45. The highest BCUT2D eigenvalue weighted by Crippen LogP contribution is 2.61. The predicted molar refractivity (Wildman–Crippen MR) is 186 cm³/mol. The number of allylic oxidation sites excluding steroid dienone is 1. The number of aliphatic hydroxyl groups excluding tert-OH is 1. The van der Waals surface area contributed by atoms with Crippen LogP contribution in [0.1, 0.15) is 43.4 Å². The number of likely N-dealkylation sites (tertiary alicyclic amines) is 1. The van der Waals surface area contributed by atoms with E-state index in [2.05, 4.69) is 34.4 Å². The van der Waals surface area contributed by atoms with Gasteiger partial charge in [-0.15, -0.1) is 13.2 Å². The summed E-state index contributed by atoms with van der Waals surface area (Å²) in [5.41, 5.74) is 0.502. The number of halogens is 2. The predicted octanol–water partition coefficient (Wildman–Crippen LogP) is 4.66. The van der Waals surface area contributed by atoms with E-state index < -0.39 is 66.1 Å². The molecule has 0 aliphatic carbocycles. The Hall–Kier alpha value is -3.51. The van der Waals surface area contributed by atoms with Gasteiger partial charge in [0.25, 0.3) is 5.91 Å². The zero-order chi connectivity index (χ0) is 34.7. The molecule has 2 aromatic carbocycles. The summed E-state index contributed by atoms with van der Waals surface area (Å²) < 4.78 is 12.7. The number of benzene rings is 2. The number of rotatable bonds is 14. The van der Waals surface area contributed by atoms with E-state index in [1.165, 1.54) is 9.80 Å². The Labute approximate surface area is 294 Å². The fourth-order valence-corrected chi connectivity index (χ4v) is 8.62. The molecule has 2 aromatic rings. The molecule has 3 aliphatic rings. The molecule has 0 aromatic heterocycles. The van der Waals surface area contributed by atoms with E-state index in [-0.39, 0.29) is 36.7 Å². The first-order chi connectivity index (χ1) is 23.0. The number of nitrogens with zero attached hydrogens (tertiary/aromatic N) is 2. The van der Waals surface area contributed by atoms with Crippen molar-refractivity contribution in [2.75, 3.05) is 24.6 Å². The number of aliphatic hydroxyl groups is 1. The molecule has 0 saturated carbocycles. The van der Waals surface area contributed by atoms with Crippen LogP contribution in [0.4, 0.5) is 5.69 Å². The fraction of sp³-hybridized carbons (Fsp3) is 0.444. The van der Waals surface area contributed by atoms with E-state index in [0.29, 0.717) is 22.7 Å². The van der Waals surface area contributed by atoms with E-state index >= 15 is 0 Å². The van der Waals surface area contributed by atoms with Crippen molar-refractivity contribution >= 4 is 56.9 Å². The van der Waals surface area contributed by atoms with E-state index in [1.807, 2.05) is 19.1 Å². The van der Waals surface area contributed by atoms with Gasteiger partial charge in [-0.2, -0.15) is 0 Å². The van der Waals surface area contributed by atoms with Crippen LogP contribution in [-0.2, 0) is 28.7 Å². The van der Waals surface area contributed by atoms with Gasteiger partial charge in [0.2, 0.25) is 11.8 Å². The maximum atomic E-state index is 14.8. The molecule has 5 rings (SSSR count). The summed E-state index contributed by atoms with van der Waals surface area (Å²) in [7, 11) is 0. The number of ether oxygens (including phenoxy) is 2. The Balaban J connectivity index is 1.51. The smallest absolute Gasteiger partial charge is 0.313 e. The average Bonchev–Trinajstić information content (AvgIpc) is 3.67. The van der Waals surface area contributed by atoms with E-state index in [0.717, 1.165) is 5.56 Å². The fourth-order valence-electron chi connectivity index (χ4n) is 7.35. The van der Waals surface area contributed by atoms with Crippen molar-refractivity contribution in [2.45, 2.75) is 67.8 Å². The number of anilines is 1. The van der Waals surface area contributed by atoms with Crippen LogP contribution in [0.25, 0.3) is 0 Å². The number of esters is 1. The Morgan fingerprint density at radius 1 is 1.21 bits per heavy atom. The van der Waals surface area contributed by atoms with Crippen molar-refractivity contribution in [2.24, 2.45) is 11.8 Å². The quantitative estimate of drug-likeness (QED) is 0.164. The molecule has 48 heavy (non-hydrogen) atoms. The minimum atomic E-state index is -1.39. The number of nitrogens with one attached hydrogen (secondary N) is 1. The van der Waals surface area contributed by atoms with Crippen molar-refractivity contribution < 1.29 is 33.8 Å². The first-order valence-electron chi connectivity index (χ1n) is 16.1. The third-order valence-electron chi connectivity index (χ3n) is 9.50. The monoisotopic (exact) mass is 741 g/mol. The second-order valence-corrected chi connectivity index (χ2v) is 14.1. The molecule has 1 spiro atoms. The maximum Gasteiger partial charge on any atom is 0.313 e. The van der Waals surface area contributed by atoms with Gasteiger partial charge in [0.05, 0.1) is 47.8 Å². The topological polar surface area (TPSA) is 125 Å². The molecule has 0 radical (unpaired) electrons. The van der Waals surface area contributed by atoms with Gasteiger partial charge in [-0.05, 0) is 43.9 Å². The van der Waals surface area contributed by atoms with Gasteiger partial charge in [-0.25, -0.2) is 0 Å². The number of carbonyl (C=O) groups is 4. The zero-order valence-electron chi connectivity index (χ0n) is 27.0. The minimum Gasteiger partial charge on any atom is -0.455 e. The number of hydrogen-bond donors (Lipinski definition) is 2. The molecule has 1 unspecified atom stereocenters. The van der Waals surface area contributed by atoms with Crippen LogP contribution in [-0.4, -0.2) is 82.0 Å². The van der Waals surface area contributed by atoms with Gasteiger partial charge < -0.3 is 29.7 Å². The lowest BCUT2D eigenvalue weighted by atomic mass is 9.70. The molecule has 8 atom stereocenters. The largest absolute Gasteiger partial charge is 0.455 e. The Morgan fingerprint density at radius 2 is 1.94 bits per heavy atom. The lowest BCUT2D eigenvalue weighted by Crippen LogP contribution is -2.59. The van der Waals surface area contributed by atoms with Gasteiger partial charge in [0.1, 0.15) is 17.7 Å². The molecule has 3 aliphatic heterocycles. The summed E-state index contributed by atoms with van der Waals surface area (Å²) in [5, 5.41) is 13.5. The van der Waals surface area contributed by atoms with Gasteiger partial charge in [0.15, 0.2) is 0 Å². The number of amides is 3. The molecule has 256 valence electrons. The summed E-state index contributed by atoms with van der Waals surface area (Å²) in [5.74, 6) is -3.92. The summed E-state index contributed by atoms with van der Waals surface area (Å²) in [4.78, 5) is 58.4. The van der Waals surface area contributed by atoms with Gasteiger partial charge in [-0.1, -0.05) is 82.1 Å². The number of carbonyl (C=O) groups excluding carboxylic acids is 4. The van der Waals surface area contributed by atoms with Crippen molar-refractivity contribution in [3.05, 3.63) is 90.0 Å². The normalized spacial score (nSPS) is 26.8. The Morgan fingerprint density at radius 3 is 2.58 bits per heavy atom. The minimum absolute atomic E-state index is 0.0218. The molecule has 2 bridgehead atoms. The summed E-state index contributed by atoms with van der Waals surface area (Å²) in [6.45, 7) is 10.7. The summed E-state index contributed by atoms with van der Waals surface area (Å²) in [6, 6.07) is 12.4. The molecule has 3 saturated heterocycles. The number of alkyl halides is 1. The van der Waals surface area contributed by atoms with Crippen LogP contribution in [0, 0.1) is 18.8 Å². The van der Waals surface area contributed by atoms with Gasteiger partial charge in [0, 0.05) is 17.8 Å². The number of fused-ring (bicyclic) bond motifs is 1. The van der Waals surface area contributed by atoms with Crippen LogP contribution in [0.15, 0.2) is 73.8 Å². The SMILES string of the molecule is C=CCCC(=O)NC[C@@H](OC(=O)[C@H]1[C@@H]2O[C@@]3(CC2Br)[C@@H]1C(=O)N([C@H](C)CO)[C@@H]3C(=O)N(CC=C)c1c(C)cccc1Cl)c1ccccc1. The van der Waals surface area contributed by atoms with Gasteiger partial charge >= 0.3 is 5.97 Å². The number of hydrogen-bond acceptors (Lipinski definition) is 7. The molecular weight excluding hydrogens is 702 g/mol. The van der Waals surface area contributed by atoms with E-state index in [4.69, 9.17) is 21.1 Å². The molecular formula is C36H41BrClN3O7. The zero-order valence-corrected chi connectivity index (χ0v) is 29.4. The van der Waals surface area contributed by atoms with E-state index in [1.54, 1.807) is 55.5 Å². The molecule has 3 fully saturated rings. The van der Waals surface area contributed by atoms with Crippen LogP contribution in [0.5, 0.6) is 0 Å². The number of para-hydroxylation sites is 1. The van der Waals surface area contributed by atoms with Crippen LogP contribution in [0.2, 0.25) is 5.02 Å². The Kier molecular flexibility index (Phi) is 11.1. The lowest BCUT2D eigenvalue weighted by molar-refractivity contribution is -0.160. The molecule has 3 heterocycles. The van der Waals surface area contributed by atoms with Crippen LogP contribution >= 0.6 is 27.5 Å². The Bertz CT molecular complexity index is 1550. The third-order valence-corrected chi connectivity index (χ3v) is 10.6. The average molecular weight is 743 g/mol. The van der Waals surface area contributed by atoms with Crippen LogP contribution < -0.4 is 10.2 Å². The standard InChI is InChI=1S/C36H41BrClN3O7/c1-5-7-16-27(43)39-19-26(23-13-9-8-10-14-23)47-35(46)28-29-33(44)41(22(4)20-42)32(36(29)18-24(37)31(28)48-36)34(45)40(17-6-2)30-21(3)12-11-15-25(30)38/h5-6,8-15,22,24,26,28-29,31-32,42H,1-2,7,16-20H2,3-4H3,(H,39,43)/t22-,24?,26-,28-,29+,31-,32-,36+/m1/s1. The first kappa shape index (κ1) is 35.8. The highest BCUT2D eigenvalue weighted by atomic mass is 79.9. The second kappa shape index (κ2) is 14.9. The first-order valence-corrected chi connectivity index (χ1v) is 17.3. The van der Waals surface area contributed by atoms with Crippen molar-refractivity contribution in [3.63, 3.8) is 0 Å². The van der Waals surface area contributed by atoms with Gasteiger partial charge in [-0.3, -0.25) is 19.2 Å². The second-order valence-electron chi connectivity index (χ2n) is 12.6. The molecule has 3 amide bonds. The molecule has 10 nitrogen and oxygen atoms in total. The maximum absolute atomic E-state index is 14.8. The van der Waals surface area contributed by atoms with Crippen molar-refractivity contribution in [1.29, 1.82) is 0 Å². The van der Waals surface area contributed by atoms with E-state index in [9.17, 15) is 24.3 Å².